The highest BCUT2D eigenvalue weighted by Crippen LogP contribution is 2.42. The van der Waals surface area contributed by atoms with Gasteiger partial charge in [0.1, 0.15) is 0 Å². The van der Waals surface area contributed by atoms with Crippen LogP contribution < -0.4 is 5.32 Å². The fourth-order valence-electron chi connectivity index (χ4n) is 2.67. The highest BCUT2D eigenvalue weighted by Gasteiger charge is 2.35. The van der Waals surface area contributed by atoms with Crippen molar-refractivity contribution in [2.45, 2.75) is 45.6 Å². The highest BCUT2D eigenvalue weighted by molar-refractivity contribution is 4.97. The zero-order chi connectivity index (χ0) is 9.90. The van der Waals surface area contributed by atoms with Crippen LogP contribution in [0.3, 0.4) is 0 Å². The van der Waals surface area contributed by atoms with E-state index in [-0.39, 0.29) is 0 Å². The average Bonchev–Trinajstić information content (AvgIpc) is 2.09. The third-order valence-corrected chi connectivity index (χ3v) is 3.61. The van der Waals surface area contributed by atoms with Gasteiger partial charge in [-0.25, -0.2) is 0 Å². The van der Waals surface area contributed by atoms with Crippen LogP contribution in [0.5, 0.6) is 0 Å². The van der Waals surface area contributed by atoms with Crippen LogP contribution >= 0.6 is 0 Å². The lowest BCUT2D eigenvalue weighted by Gasteiger charge is -2.42. The molecular formula is C12H23N. The first-order chi connectivity index (χ1) is 6.11. The van der Waals surface area contributed by atoms with Crippen molar-refractivity contribution in [1.82, 2.24) is 5.32 Å². The molecule has 0 aliphatic heterocycles. The number of hydrogen-bond donors (Lipinski definition) is 1. The third kappa shape index (κ3) is 2.34. The Morgan fingerprint density at radius 2 is 2.15 bits per heavy atom. The van der Waals surface area contributed by atoms with Crippen LogP contribution in [0.2, 0.25) is 0 Å². The van der Waals surface area contributed by atoms with E-state index in [1.807, 2.05) is 7.05 Å². The molecule has 0 aromatic carbocycles. The van der Waals surface area contributed by atoms with E-state index in [0.29, 0.717) is 11.5 Å². The Balaban J connectivity index is 2.68. The Morgan fingerprint density at radius 3 is 2.62 bits per heavy atom. The molecule has 1 heteroatoms. The number of nitrogens with one attached hydrogen (secondary N) is 1. The summed E-state index contributed by atoms with van der Waals surface area (Å²) in [7, 11) is 2.04. The van der Waals surface area contributed by atoms with Crippen molar-refractivity contribution in [1.29, 1.82) is 0 Å². The summed E-state index contributed by atoms with van der Waals surface area (Å²) < 4.78 is 0. The second kappa shape index (κ2) is 4.28. The quantitative estimate of drug-likeness (QED) is 0.660. The molecule has 2 atom stereocenters. The zero-order valence-electron chi connectivity index (χ0n) is 9.27. The van der Waals surface area contributed by atoms with E-state index in [9.17, 15) is 0 Å². The molecule has 1 aliphatic carbocycles. The summed E-state index contributed by atoms with van der Waals surface area (Å²) in [5.74, 6) is 0.767. The molecule has 1 fully saturated rings. The second-order valence-electron chi connectivity index (χ2n) is 4.89. The van der Waals surface area contributed by atoms with Crippen LogP contribution in [0.25, 0.3) is 0 Å². The Labute approximate surface area is 82.6 Å². The average molecular weight is 181 g/mol. The number of hydrogen-bond acceptors (Lipinski definition) is 1. The van der Waals surface area contributed by atoms with Crippen LogP contribution in [-0.2, 0) is 0 Å². The van der Waals surface area contributed by atoms with Crippen LogP contribution in [0.1, 0.15) is 39.5 Å². The largest absolute Gasteiger partial charge is 0.313 e. The SMILES string of the molecule is C=CC(NC)C1CCCCC1(C)C. The molecule has 1 aliphatic rings. The van der Waals surface area contributed by atoms with Gasteiger partial charge in [-0.2, -0.15) is 0 Å². The molecule has 0 aromatic heterocycles. The Bertz CT molecular complexity index is 172. The lowest BCUT2D eigenvalue weighted by molar-refractivity contribution is 0.116. The molecule has 0 spiro atoms. The fraction of sp³-hybridized carbons (Fsp3) is 0.833. The summed E-state index contributed by atoms with van der Waals surface area (Å²) in [4.78, 5) is 0. The molecule has 0 radical (unpaired) electrons. The summed E-state index contributed by atoms with van der Waals surface area (Å²) in [6, 6.07) is 0.496. The van der Waals surface area contributed by atoms with E-state index in [2.05, 4.69) is 31.8 Å². The maximum absolute atomic E-state index is 3.91. The van der Waals surface area contributed by atoms with E-state index in [1.165, 1.54) is 25.7 Å². The van der Waals surface area contributed by atoms with E-state index < -0.39 is 0 Å². The zero-order valence-corrected chi connectivity index (χ0v) is 9.27. The van der Waals surface area contributed by atoms with Crippen molar-refractivity contribution < 1.29 is 0 Å². The van der Waals surface area contributed by atoms with Crippen molar-refractivity contribution in [3.63, 3.8) is 0 Å². The first-order valence-corrected chi connectivity index (χ1v) is 5.41. The third-order valence-electron chi connectivity index (χ3n) is 3.61. The highest BCUT2D eigenvalue weighted by atomic mass is 14.9. The molecule has 1 N–H and O–H groups in total. The molecule has 0 saturated heterocycles. The van der Waals surface area contributed by atoms with Crippen LogP contribution in [0.4, 0.5) is 0 Å². The van der Waals surface area contributed by atoms with Gasteiger partial charge in [0, 0.05) is 6.04 Å². The van der Waals surface area contributed by atoms with E-state index in [1.54, 1.807) is 0 Å². The molecule has 2 unspecified atom stereocenters. The van der Waals surface area contributed by atoms with E-state index >= 15 is 0 Å². The summed E-state index contributed by atoms with van der Waals surface area (Å²) in [5, 5.41) is 3.36. The molecule has 1 saturated carbocycles. The number of likely N-dealkylation sites (N-methyl/N-ethyl adjacent to an activating group) is 1. The lowest BCUT2D eigenvalue weighted by atomic mass is 9.66. The molecule has 76 valence electrons. The normalized spacial score (nSPS) is 29.6. The molecule has 0 aromatic rings. The molecule has 0 heterocycles. The predicted molar refractivity (Wildman–Crippen MR) is 58.8 cm³/mol. The minimum atomic E-state index is 0.486. The molecule has 1 rings (SSSR count). The Kier molecular flexibility index (Phi) is 3.55. The van der Waals surface area contributed by atoms with E-state index in [0.717, 1.165) is 5.92 Å². The van der Waals surface area contributed by atoms with Crippen molar-refractivity contribution >= 4 is 0 Å². The van der Waals surface area contributed by atoms with Crippen molar-refractivity contribution in [2.24, 2.45) is 11.3 Å². The summed E-state index contributed by atoms with van der Waals surface area (Å²) in [5.41, 5.74) is 0.486. The van der Waals surface area contributed by atoms with Gasteiger partial charge in [-0.1, -0.05) is 32.8 Å². The summed E-state index contributed by atoms with van der Waals surface area (Å²) >= 11 is 0. The second-order valence-corrected chi connectivity index (χ2v) is 4.89. The van der Waals surface area contributed by atoms with Gasteiger partial charge in [0.2, 0.25) is 0 Å². The molecule has 1 nitrogen and oxygen atoms in total. The first-order valence-electron chi connectivity index (χ1n) is 5.41. The maximum Gasteiger partial charge on any atom is 0.0278 e. The van der Waals surface area contributed by atoms with Gasteiger partial charge in [0.25, 0.3) is 0 Å². The van der Waals surface area contributed by atoms with Gasteiger partial charge in [-0.15, -0.1) is 6.58 Å². The van der Waals surface area contributed by atoms with Crippen molar-refractivity contribution in [3.05, 3.63) is 12.7 Å². The van der Waals surface area contributed by atoms with Gasteiger partial charge < -0.3 is 5.32 Å². The Hall–Kier alpha value is -0.300. The topological polar surface area (TPSA) is 12.0 Å². The first kappa shape index (κ1) is 10.8. The van der Waals surface area contributed by atoms with Gasteiger partial charge in [-0.3, -0.25) is 0 Å². The predicted octanol–water partition coefficient (Wildman–Crippen LogP) is 2.98. The lowest BCUT2D eigenvalue weighted by Crippen LogP contribution is -2.42. The van der Waals surface area contributed by atoms with Gasteiger partial charge in [0.15, 0.2) is 0 Å². The molecule has 13 heavy (non-hydrogen) atoms. The van der Waals surface area contributed by atoms with E-state index in [4.69, 9.17) is 0 Å². The number of rotatable bonds is 3. The molecule has 0 amide bonds. The fourth-order valence-corrected chi connectivity index (χ4v) is 2.67. The molecular weight excluding hydrogens is 158 g/mol. The summed E-state index contributed by atoms with van der Waals surface area (Å²) in [6.07, 6.45) is 7.57. The van der Waals surface area contributed by atoms with Crippen LogP contribution in [-0.4, -0.2) is 13.1 Å². The van der Waals surface area contributed by atoms with Crippen LogP contribution in [0.15, 0.2) is 12.7 Å². The maximum atomic E-state index is 3.91. The minimum absolute atomic E-state index is 0.486. The van der Waals surface area contributed by atoms with Crippen molar-refractivity contribution in [3.8, 4) is 0 Å². The standard InChI is InChI=1S/C12H23N/c1-5-11(13-4)10-8-6-7-9-12(10,2)3/h5,10-11,13H,1,6-9H2,2-4H3. The smallest absolute Gasteiger partial charge is 0.0278 e. The summed E-state index contributed by atoms with van der Waals surface area (Å²) in [6.45, 7) is 8.70. The minimum Gasteiger partial charge on any atom is -0.313 e. The van der Waals surface area contributed by atoms with Gasteiger partial charge in [-0.05, 0) is 31.2 Å². The van der Waals surface area contributed by atoms with Gasteiger partial charge in [0.05, 0.1) is 0 Å². The van der Waals surface area contributed by atoms with Gasteiger partial charge >= 0.3 is 0 Å². The monoisotopic (exact) mass is 181 g/mol. The molecule has 0 bridgehead atoms. The van der Waals surface area contributed by atoms with Crippen molar-refractivity contribution in [2.75, 3.05) is 7.05 Å². The Morgan fingerprint density at radius 1 is 1.46 bits per heavy atom. The van der Waals surface area contributed by atoms with Crippen LogP contribution in [0, 0.1) is 11.3 Å².